The van der Waals surface area contributed by atoms with Crippen LogP contribution < -0.4 is 0 Å². The van der Waals surface area contributed by atoms with Gasteiger partial charge in [0.15, 0.2) is 5.03 Å². The Balaban J connectivity index is 2.07. The number of thiophene rings is 1. The molecule has 8 heteroatoms. The predicted molar refractivity (Wildman–Crippen MR) is 80.1 cm³/mol. The Kier molecular flexibility index (Phi) is 5.14. The van der Waals surface area contributed by atoms with Crippen LogP contribution in [0.25, 0.3) is 0 Å². The van der Waals surface area contributed by atoms with E-state index in [1.165, 1.54) is 35.0 Å². The van der Waals surface area contributed by atoms with E-state index in [9.17, 15) is 8.42 Å². The van der Waals surface area contributed by atoms with Crippen LogP contribution in [0, 0.1) is 11.8 Å². The van der Waals surface area contributed by atoms with Crippen molar-refractivity contribution < 1.29 is 13.5 Å². The molecule has 0 spiro atoms. The van der Waals surface area contributed by atoms with Crippen molar-refractivity contribution in [3.63, 3.8) is 0 Å². The van der Waals surface area contributed by atoms with E-state index in [1.54, 1.807) is 0 Å². The molecule has 112 valence electrons. The van der Waals surface area contributed by atoms with Gasteiger partial charge in [0, 0.05) is 35.8 Å². The molecule has 0 saturated carbocycles. The number of aromatic amines is 1. The molecule has 0 aromatic carbocycles. The molecule has 2 aromatic heterocycles. The first-order valence-electron chi connectivity index (χ1n) is 6.17. The van der Waals surface area contributed by atoms with E-state index in [4.69, 9.17) is 5.11 Å². The molecule has 0 fully saturated rings. The molecule has 0 bridgehead atoms. The van der Waals surface area contributed by atoms with Gasteiger partial charge in [0.05, 0.1) is 12.8 Å². The standard InChI is InChI=1S/C13H15N3O3S2/c1-16(21(18,19)13-5-6-14-15-13)9-12-8-11(10-20-12)4-2-3-7-17/h5-6,8,10,17H,3,7,9H2,1H3,(H,14,15). The van der Waals surface area contributed by atoms with Gasteiger partial charge in [-0.3, -0.25) is 5.10 Å². The summed E-state index contributed by atoms with van der Waals surface area (Å²) in [6.45, 7) is 0.308. The average Bonchev–Trinajstić information content (AvgIpc) is 3.10. The average molecular weight is 325 g/mol. The van der Waals surface area contributed by atoms with Crippen molar-refractivity contribution >= 4 is 21.4 Å². The molecule has 0 atom stereocenters. The van der Waals surface area contributed by atoms with E-state index in [0.717, 1.165) is 10.4 Å². The van der Waals surface area contributed by atoms with Crippen molar-refractivity contribution in [2.75, 3.05) is 13.7 Å². The lowest BCUT2D eigenvalue weighted by molar-refractivity contribution is 0.305. The van der Waals surface area contributed by atoms with Crippen molar-refractivity contribution in [2.45, 2.75) is 18.0 Å². The minimum Gasteiger partial charge on any atom is -0.395 e. The molecule has 2 rings (SSSR count). The summed E-state index contributed by atoms with van der Waals surface area (Å²) in [5.74, 6) is 5.75. The molecule has 2 heterocycles. The summed E-state index contributed by atoms with van der Waals surface area (Å²) in [6.07, 6.45) is 1.83. The van der Waals surface area contributed by atoms with Gasteiger partial charge in [-0.25, -0.2) is 8.42 Å². The number of hydrogen-bond acceptors (Lipinski definition) is 5. The monoisotopic (exact) mass is 325 g/mol. The Bertz CT molecular complexity index is 739. The number of nitrogens with one attached hydrogen (secondary N) is 1. The minimum absolute atomic E-state index is 0.0369. The number of rotatable bonds is 5. The number of aromatic nitrogens is 2. The van der Waals surface area contributed by atoms with Gasteiger partial charge in [-0.2, -0.15) is 9.40 Å². The Hall–Kier alpha value is -1.66. The normalized spacial score (nSPS) is 11.4. The lowest BCUT2D eigenvalue weighted by atomic mass is 10.3. The number of hydrogen-bond donors (Lipinski definition) is 2. The highest BCUT2D eigenvalue weighted by Gasteiger charge is 2.22. The van der Waals surface area contributed by atoms with Crippen molar-refractivity contribution in [2.24, 2.45) is 0 Å². The quantitative estimate of drug-likeness (QED) is 0.804. The van der Waals surface area contributed by atoms with Crippen molar-refractivity contribution in [1.29, 1.82) is 0 Å². The molecule has 0 radical (unpaired) electrons. The molecule has 0 unspecified atom stereocenters. The highest BCUT2D eigenvalue weighted by molar-refractivity contribution is 7.89. The van der Waals surface area contributed by atoms with Crippen LogP contribution in [0.15, 0.2) is 28.7 Å². The minimum atomic E-state index is -3.55. The Morgan fingerprint density at radius 1 is 1.52 bits per heavy atom. The smallest absolute Gasteiger partial charge is 0.260 e. The van der Waals surface area contributed by atoms with E-state index < -0.39 is 10.0 Å². The third-order valence-corrected chi connectivity index (χ3v) is 5.32. The third kappa shape index (κ3) is 3.92. The molecule has 2 aromatic rings. The summed E-state index contributed by atoms with van der Waals surface area (Å²) in [6, 6.07) is 3.28. The first-order chi connectivity index (χ1) is 10.0. The molecule has 0 aliphatic carbocycles. The van der Waals surface area contributed by atoms with Gasteiger partial charge < -0.3 is 5.11 Å². The maximum absolute atomic E-state index is 12.2. The van der Waals surface area contributed by atoms with Crippen LogP contribution in [0.1, 0.15) is 16.9 Å². The van der Waals surface area contributed by atoms with Crippen LogP contribution in [-0.4, -0.2) is 41.7 Å². The van der Waals surface area contributed by atoms with Crippen LogP contribution in [0.4, 0.5) is 0 Å². The fourth-order valence-corrected chi connectivity index (χ4v) is 3.60. The van der Waals surface area contributed by atoms with Gasteiger partial charge in [-0.1, -0.05) is 11.8 Å². The van der Waals surface area contributed by atoms with Gasteiger partial charge in [-0.05, 0) is 12.1 Å². The second kappa shape index (κ2) is 6.87. The van der Waals surface area contributed by atoms with E-state index in [1.807, 2.05) is 11.4 Å². The summed E-state index contributed by atoms with van der Waals surface area (Å²) in [5.41, 5.74) is 0.829. The lowest BCUT2D eigenvalue weighted by Gasteiger charge is -2.14. The largest absolute Gasteiger partial charge is 0.395 e. The van der Waals surface area contributed by atoms with Crippen molar-refractivity contribution in [3.05, 3.63) is 34.2 Å². The fraction of sp³-hybridized carbons (Fsp3) is 0.308. The summed E-state index contributed by atoms with van der Waals surface area (Å²) in [5, 5.41) is 16.7. The molecule has 2 N–H and O–H groups in total. The molecule has 0 aliphatic rings. The van der Waals surface area contributed by atoms with E-state index in [2.05, 4.69) is 22.0 Å². The first-order valence-corrected chi connectivity index (χ1v) is 8.49. The molecular weight excluding hydrogens is 310 g/mol. The number of nitrogens with zero attached hydrogens (tertiary/aromatic N) is 2. The lowest BCUT2D eigenvalue weighted by Crippen LogP contribution is -2.26. The highest BCUT2D eigenvalue weighted by Crippen LogP contribution is 2.19. The maximum atomic E-state index is 12.2. The zero-order valence-corrected chi connectivity index (χ0v) is 13.0. The summed E-state index contributed by atoms with van der Waals surface area (Å²) in [7, 11) is -2.03. The van der Waals surface area contributed by atoms with Crippen molar-refractivity contribution in [1.82, 2.24) is 14.5 Å². The summed E-state index contributed by atoms with van der Waals surface area (Å²) >= 11 is 1.45. The molecular formula is C13H15N3O3S2. The maximum Gasteiger partial charge on any atom is 0.260 e. The number of sulfonamides is 1. The SMILES string of the molecule is CN(Cc1cc(C#CCCO)cs1)S(=O)(=O)c1ccn[nH]1. The van der Waals surface area contributed by atoms with Crippen LogP contribution in [0.5, 0.6) is 0 Å². The summed E-state index contributed by atoms with van der Waals surface area (Å²) in [4.78, 5) is 0.897. The van der Waals surface area contributed by atoms with Crippen molar-refractivity contribution in [3.8, 4) is 11.8 Å². The van der Waals surface area contributed by atoms with Crippen LogP contribution >= 0.6 is 11.3 Å². The number of aliphatic hydroxyl groups excluding tert-OH is 1. The van der Waals surface area contributed by atoms with Crippen LogP contribution in [0.2, 0.25) is 0 Å². The van der Waals surface area contributed by atoms with Crippen LogP contribution in [-0.2, 0) is 16.6 Å². The first kappa shape index (κ1) is 15.7. The number of H-pyrrole nitrogens is 1. The van der Waals surface area contributed by atoms with E-state index in [-0.39, 0.29) is 18.2 Å². The third-order valence-electron chi connectivity index (χ3n) is 2.67. The Morgan fingerprint density at radius 2 is 2.33 bits per heavy atom. The van der Waals surface area contributed by atoms with Gasteiger partial charge >= 0.3 is 0 Å². The zero-order valence-electron chi connectivity index (χ0n) is 11.4. The van der Waals surface area contributed by atoms with Gasteiger partial charge in [0.1, 0.15) is 0 Å². The van der Waals surface area contributed by atoms with E-state index in [0.29, 0.717) is 6.42 Å². The molecule has 0 amide bonds. The zero-order chi connectivity index (χ0) is 15.3. The fourth-order valence-electron chi connectivity index (χ4n) is 1.61. The topological polar surface area (TPSA) is 86.3 Å². The molecule has 6 nitrogen and oxygen atoms in total. The number of aliphatic hydroxyl groups is 1. The molecule has 0 aliphatic heterocycles. The van der Waals surface area contributed by atoms with Gasteiger partial charge in [-0.15, -0.1) is 11.3 Å². The molecule has 21 heavy (non-hydrogen) atoms. The summed E-state index contributed by atoms with van der Waals surface area (Å²) < 4.78 is 25.7. The van der Waals surface area contributed by atoms with Crippen LogP contribution in [0.3, 0.4) is 0 Å². The molecule has 0 saturated heterocycles. The van der Waals surface area contributed by atoms with Gasteiger partial charge in [0.25, 0.3) is 10.0 Å². The van der Waals surface area contributed by atoms with Gasteiger partial charge in [0.2, 0.25) is 0 Å². The second-order valence-corrected chi connectivity index (χ2v) is 7.27. The Labute approximate surface area is 127 Å². The van der Waals surface area contributed by atoms with E-state index >= 15 is 0 Å². The highest BCUT2D eigenvalue weighted by atomic mass is 32.2. The Morgan fingerprint density at radius 3 is 3.00 bits per heavy atom. The predicted octanol–water partition coefficient (Wildman–Crippen LogP) is 1.03. The second-order valence-electron chi connectivity index (χ2n) is 4.26.